The summed E-state index contributed by atoms with van der Waals surface area (Å²) in [5, 5.41) is 0.682. The Balaban J connectivity index is 1.97. The molecule has 0 unspecified atom stereocenters. The molecule has 2 N–H and O–H groups in total. The van der Waals surface area contributed by atoms with Crippen LogP contribution in [0, 0.1) is 0 Å². The molecule has 1 saturated carbocycles. The standard InChI is InChI=1S/C13H11Br3N2S/c14-7-3-9(15)8(10(16)4-7)5-11-12(6-1-2-6)18-13(17)19-11/h3-4,6H,1-2,5H2,(H2,17,18). The Morgan fingerprint density at radius 2 is 1.84 bits per heavy atom. The van der Waals surface area contributed by atoms with Gasteiger partial charge in [-0.15, -0.1) is 11.3 Å². The highest BCUT2D eigenvalue weighted by atomic mass is 79.9. The van der Waals surface area contributed by atoms with Crippen molar-refractivity contribution < 1.29 is 0 Å². The van der Waals surface area contributed by atoms with Crippen molar-refractivity contribution in [3.8, 4) is 0 Å². The second-order valence-corrected chi connectivity index (χ2v) is 8.40. The molecule has 19 heavy (non-hydrogen) atoms. The molecular formula is C13H11Br3N2S. The van der Waals surface area contributed by atoms with Crippen LogP contribution in [-0.4, -0.2) is 4.98 Å². The molecule has 0 saturated heterocycles. The summed E-state index contributed by atoms with van der Waals surface area (Å²) in [7, 11) is 0. The van der Waals surface area contributed by atoms with Gasteiger partial charge in [0.25, 0.3) is 0 Å². The maximum Gasteiger partial charge on any atom is 0.180 e. The van der Waals surface area contributed by atoms with Gasteiger partial charge in [0.2, 0.25) is 0 Å². The van der Waals surface area contributed by atoms with Gasteiger partial charge in [-0.05, 0) is 30.5 Å². The number of benzene rings is 1. The Kier molecular flexibility index (Phi) is 4.04. The average Bonchev–Trinajstić information content (AvgIpc) is 3.08. The van der Waals surface area contributed by atoms with Crippen LogP contribution in [0.25, 0.3) is 0 Å². The number of anilines is 1. The molecular weight excluding hydrogens is 456 g/mol. The summed E-state index contributed by atoms with van der Waals surface area (Å²) in [5.74, 6) is 0.636. The van der Waals surface area contributed by atoms with Crippen LogP contribution >= 0.6 is 59.1 Å². The lowest BCUT2D eigenvalue weighted by atomic mass is 10.1. The summed E-state index contributed by atoms with van der Waals surface area (Å²) < 4.78 is 3.26. The summed E-state index contributed by atoms with van der Waals surface area (Å²) in [6.07, 6.45) is 3.37. The minimum atomic E-state index is 0.636. The van der Waals surface area contributed by atoms with E-state index in [4.69, 9.17) is 5.73 Å². The number of hydrogen-bond acceptors (Lipinski definition) is 3. The van der Waals surface area contributed by atoms with Crippen molar-refractivity contribution in [1.82, 2.24) is 4.98 Å². The molecule has 0 atom stereocenters. The first-order valence-electron chi connectivity index (χ1n) is 5.93. The van der Waals surface area contributed by atoms with E-state index in [9.17, 15) is 0 Å². The first kappa shape index (κ1) is 14.0. The van der Waals surface area contributed by atoms with Crippen molar-refractivity contribution in [2.24, 2.45) is 0 Å². The van der Waals surface area contributed by atoms with E-state index in [0.29, 0.717) is 11.0 Å². The molecule has 1 aliphatic rings. The van der Waals surface area contributed by atoms with E-state index < -0.39 is 0 Å². The molecule has 0 amide bonds. The molecule has 1 heterocycles. The van der Waals surface area contributed by atoms with Crippen molar-refractivity contribution in [3.63, 3.8) is 0 Å². The lowest BCUT2D eigenvalue weighted by Crippen LogP contribution is -1.94. The van der Waals surface area contributed by atoms with Crippen LogP contribution in [0.15, 0.2) is 25.6 Å². The van der Waals surface area contributed by atoms with Gasteiger partial charge in [-0.25, -0.2) is 4.98 Å². The number of hydrogen-bond donors (Lipinski definition) is 1. The van der Waals surface area contributed by atoms with Crippen LogP contribution in [0.4, 0.5) is 5.13 Å². The fraction of sp³-hybridized carbons (Fsp3) is 0.308. The van der Waals surface area contributed by atoms with Crippen molar-refractivity contribution in [2.45, 2.75) is 25.2 Å². The van der Waals surface area contributed by atoms with Crippen LogP contribution in [0.5, 0.6) is 0 Å². The van der Waals surface area contributed by atoms with Crippen LogP contribution < -0.4 is 5.73 Å². The molecule has 6 heteroatoms. The maximum absolute atomic E-state index is 5.88. The fourth-order valence-electron chi connectivity index (χ4n) is 2.09. The minimum Gasteiger partial charge on any atom is -0.375 e. The number of nitrogens with zero attached hydrogens (tertiary/aromatic N) is 1. The average molecular weight is 467 g/mol. The number of rotatable bonds is 3. The highest BCUT2D eigenvalue weighted by Gasteiger charge is 2.29. The summed E-state index contributed by atoms with van der Waals surface area (Å²) in [5.41, 5.74) is 8.33. The third kappa shape index (κ3) is 3.06. The van der Waals surface area contributed by atoms with Gasteiger partial charge in [0.05, 0.1) is 5.69 Å². The van der Waals surface area contributed by atoms with E-state index in [2.05, 4.69) is 64.9 Å². The normalized spacial score (nSPS) is 14.9. The maximum atomic E-state index is 5.88. The molecule has 0 bridgehead atoms. The number of nitrogen functional groups attached to an aromatic ring is 1. The number of thiazole rings is 1. The van der Waals surface area contributed by atoms with Gasteiger partial charge >= 0.3 is 0 Å². The SMILES string of the molecule is Nc1nc(C2CC2)c(Cc2c(Br)cc(Br)cc2Br)s1. The first-order chi connectivity index (χ1) is 9.04. The molecule has 1 aromatic carbocycles. The van der Waals surface area contributed by atoms with E-state index in [-0.39, 0.29) is 0 Å². The smallest absolute Gasteiger partial charge is 0.180 e. The minimum absolute atomic E-state index is 0.636. The lowest BCUT2D eigenvalue weighted by molar-refractivity contribution is 1.01. The van der Waals surface area contributed by atoms with Gasteiger partial charge in [0.1, 0.15) is 0 Å². The van der Waals surface area contributed by atoms with Crippen molar-refractivity contribution in [3.05, 3.63) is 41.7 Å². The van der Waals surface area contributed by atoms with E-state index >= 15 is 0 Å². The predicted molar refractivity (Wildman–Crippen MR) is 90.8 cm³/mol. The zero-order valence-corrected chi connectivity index (χ0v) is 15.5. The van der Waals surface area contributed by atoms with E-state index in [1.807, 2.05) is 0 Å². The van der Waals surface area contributed by atoms with E-state index in [0.717, 1.165) is 19.8 Å². The summed E-state index contributed by atoms with van der Waals surface area (Å²) in [6.45, 7) is 0. The summed E-state index contributed by atoms with van der Waals surface area (Å²) >= 11 is 12.4. The number of aromatic nitrogens is 1. The zero-order valence-electron chi connectivity index (χ0n) is 9.92. The molecule has 0 radical (unpaired) electrons. The van der Waals surface area contributed by atoms with Crippen molar-refractivity contribution >= 4 is 64.3 Å². The Morgan fingerprint density at radius 1 is 1.21 bits per heavy atom. The van der Waals surface area contributed by atoms with Crippen LogP contribution in [0.2, 0.25) is 0 Å². The van der Waals surface area contributed by atoms with Gasteiger partial charge in [-0.2, -0.15) is 0 Å². The molecule has 2 nitrogen and oxygen atoms in total. The largest absolute Gasteiger partial charge is 0.375 e. The molecule has 1 fully saturated rings. The lowest BCUT2D eigenvalue weighted by Gasteiger charge is -2.08. The highest BCUT2D eigenvalue weighted by Crippen LogP contribution is 2.44. The number of halogens is 3. The van der Waals surface area contributed by atoms with Crippen LogP contribution in [0.3, 0.4) is 0 Å². The quantitative estimate of drug-likeness (QED) is 0.650. The van der Waals surface area contributed by atoms with Gasteiger partial charge in [-0.1, -0.05) is 47.8 Å². The highest BCUT2D eigenvalue weighted by molar-refractivity contribution is 9.11. The molecule has 1 aromatic heterocycles. The second-order valence-electron chi connectivity index (χ2n) is 4.66. The van der Waals surface area contributed by atoms with E-state index in [1.54, 1.807) is 11.3 Å². The zero-order chi connectivity index (χ0) is 13.6. The molecule has 0 aliphatic heterocycles. The van der Waals surface area contributed by atoms with Gasteiger partial charge in [0.15, 0.2) is 5.13 Å². The molecule has 0 spiro atoms. The van der Waals surface area contributed by atoms with E-state index in [1.165, 1.54) is 29.0 Å². The van der Waals surface area contributed by atoms with Crippen LogP contribution in [-0.2, 0) is 6.42 Å². The Morgan fingerprint density at radius 3 is 2.42 bits per heavy atom. The Bertz CT molecular complexity index is 612. The molecule has 100 valence electrons. The Labute approximate surface area is 141 Å². The monoisotopic (exact) mass is 464 g/mol. The molecule has 1 aliphatic carbocycles. The topological polar surface area (TPSA) is 38.9 Å². The van der Waals surface area contributed by atoms with Gasteiger partial charge in [0, 0.05) is 30.6 Å². The third-order valence-corrected chi connectivity index (χ3v) is 5.92. The van der Waals surface area contributed by atoms with Crippen molar-refractivity contribution in [2.75, 3.05) is 5.73 Å². The Hall–Kier alpha value is 0.0900. The number of nitrogens with two attached hydrogens (primary N) is 1. The first-order valence-corrected chi connectivity index (χ1v) is 9.12. The molecule has 2 aromatic rings. The van der Waals surface area contributed by atoms with Crippen molar-refractivity contribution in [1.29, 1.82) is 0 Å². The second kappa shape index (κ2) is 5.47. The predicted octanol–water partition coefficient (Wildman–Crippen LogP) is 5.48. The fourth-order valence-corrected chi connectivity index (χ4v) is 5.56. The summed E-state index contributed by atoms with van der Waals surface area (Å²) in [6, 6.07) is 4.14. The van der Waals surface area contributed by atoms with Crippen LogP contribution in [0.1, 0.15) is 34.9 Å². The van der Waals surface area contributed by atoms with Gasteiger partial charge < -0.3 is 5.73 Å². The molecule has 3 rings (SSSR count). The summed E-state index contributed by atoms with van der Waals surface area (Å²) in [4.78, 5) is 5.80. The van der Waals surface area contributed by atoms with Gasteiger partial charge in [-0.3, -0.25) is 0 Å². The third-order valence-electron chi connectivity index (χ3n) is 3.15.